The second-order valence-electron chi connectivity index (χ2n) is 6.56. The maximum absolute atomic E-state index is 12.2. The zero-order valence-corrected chi connectivity index (χ0v) is 14.4. The Balaban J connectivity index is 2.55. The lowest BCUT2D eigenvalue weighted by Crippen LogP contribution is -2.29. The molecule has 0 saturated carbocycles. The van der Waals surface area contributed by atoms with E-state index >= 15 is 0 Å². The van der Waals surface area contributed by atoms with Crippen molar-refractivity contribution in [3.63, 3.8) is 0 Å². The monoisotopic (exact) mass is 304 g/mol. The molecule has 3 N–H and O–H groups in total. The summed E-state index contributed by atoms with van der Waals surface area (Å²) >= 11 is 0. The molecule has 1 rings (SSSR count). The van der Waals surface area contributed by atoms with Crippen LogP contribution in [0.3, 0.4) is 0 Å². The van der Waals surface area contributed by atoms with Crippen molar-refractivity contribution in [1.82, 2.24) is 5.32 Å². The van der Waals surface area contributed by atoms with Gasteiger partial charge >= 0.3 is 0 Å². The summed E-state index contributed by atoms with van der Waals surface area (Å²) in [6.45, 7) is 7.26. The van der Waals surface area contributed by atoms with Crippen LogP contribution < -0.4 is 11.1 Å². The Bertz CT molecular complexity index is 443. The van der Waals surface area contributed by atoms with Gasteiger partial charge < -0.3 is 11.1 Å². The van der Waals surface area contributed by atoms with Gasteiger partial charge in [-0.15, -0.1) is 0 Å². The van der Waals surface area contributed by atoms with E-state index in [9.17, 15) is 4.79 Å². The average molecular weight is 304 g/mol. The van der Waals surface area contributed by atoms with Crippen molar-refractivity contribution in [2.45, 2.75) is 65.3 Å². The van der Waals surface area contributed by atoms with Crippen molar-refractivity contribution in [2.24, 2.45) is 11.7 Å². The Morgan fingerprint density at radius 3 is 2.45 bits per heavy atom. The van der Waals surface area contributed by atoms with Crippen LogP contribution >= 0.6 is 0 Å². The molecule has 0 aliphatic carbocycles. The van der Waals surface area contributed by atoms with Crippen LogP contribution in [-0.4, -0.2) is 12.5 Å². The van der Waals surface area contributed by atoms with Gasteiger partial charge in [0.15, 0.2) is 0 Å². The summed E-state index contributed by atoms with van der Waals surface area (Å²) in [6.07, 6.45) is 5.81. The van der Waals surface area contributed by atoms with Crippen LogP contribution in [0.2, 0.25) is 0 Å². The fourth-order valence-electron chi connectivity index (χ4n) is 2.76. The summed E-state index contributed by atoms with van der Waals surface area (Å²) in [4.78, 5) is 12.2. The average Bonchev–Trinajstić information content (AvgIpc) is 2.46. The molecule has 0 radical (unpaired) electrons. The molecule has 1 unspecified atom stereocenters. The number of nitrogens with two attached hydrogens (primary N) is 1. The molecule has 0 bridgehead atoms. The molecule has 0 heterocycles. The molecule has 0 fully saturated rings. The fourth-order valence-corrected chi connectivity index (χ4v) is 2.76. The normalized spacial score (nSPS) is 12.4. The van der Waals surface area contributed by atoms with Gasteiger partial charge in [-0.05, 0) is 49.8 Å². The van der Waals surface area contributed by atoms with E-state index in [1.165, 1.54) is 11.1 Å². The molecule has 0 aliphatic heterocycles. The molecule has 124 valence electrons. The summed E-state index contributed by atoms with van der Waals surface area (Å²) in [6, 6.07) is 8.46. The van der Waals surface area contributed by atoms with E-state index in [-0.39, 0.29) is 11.9 Å². The molecule has 3 nitrogen and oxygen atoms in total. The number of amides is 1. The van der Waals surface area contributed by atoms with Crippen LogP contribution in [0, 0.1) is 12.8 Å². The Hall–Kier alpha value is -1.35. The topological polar surface area (TPSA) is 55.1 Å². The first-order chi connectivity index (χ1) is 10.5. The smallest absolute Gasteiger partial charge is 0.220 e. The van der Waals surface area contributed by atoms with Gasteiger partial charge in [0, 0.05) is 6.42 Å². The van der Waals surface area contributed by atoms with Crippen molar-refractivity contribution in [3.05, 3.63) is 35.4 Å². The number of unbranched alkanes of at least 4 members (excludes halogenated alkanes) is 3. The van der Waals surface area contributed by atoms with E-state index in [0.717, 1.165) is 38.6 Å². The summed E-state index contributed by atoms with van der Waals surface area (Å²) in [5, 5.41) is 3.23. The summed E-state index contributed by atoms with van der Waals surface area (Å²) in [5.74, 6) is 0.719. The molecule has 22 heavy (non-hydrogen) atoms. The number of hydrogen-bond acceptors (Lipinski definition) is 2. The largest absolute Gasteiger partial charge is 0.349 e. The van der Waals surface area contributed by atoms with Crippen LogP contribution in [0.5, 0.6) is 0 Å². The number of benzene rings is 1. The summed E-state index contributed by atoms with van der Waals surface area (Å²) < 4.78 is 0. The second-order valence-corrected chi connectivity index (χ2v) is 6.56. The quantitative estimate of drug-likeness (QED) is 0.639. The van der Waals surface area contributed by atoms with E-state index < -0.39 is 0 Å². The van der Waals surface area contributed by atoms with Gasteiger partial charge in [-0.1, -0.05) is 51.0 Å². The van der Waals surface area contributed by atoms with Crippen molar-refractivity contribution in [1.29, 1.82) is 0 Å². The minimum absolute atomic E-state index is 0.123. The number of carbonyl (C=O) groups excluding carboxylic acids is 1. The van der Waals surface area contributed by atoms with Crippen LogP contribution in [-0.2, 0) is 4.79 Å². The van der Waals surface area contributed by atoms with Crippen LogP contribution in [0.4, 0.5) is 0 Å². The van der Waals surface area contributed by atoms with E-state index in [4.69, 9.17) is 5.73 Å². The molecule has 1 atom stereocenters. The third kappa shape index (κ3) is 7.08. The molecule has 0 saturated heterocycles. The predicted molar refractivity (Wildman–Crippen MR) is 93.7 cm³/mol. The number of nitrogens with one attached hydrogen (secondary N) is 1. The number of carbonyl (C=O) groups is 1. The Kier molecular flexibility index (Phi) is 8.83. The predicted octanol–water partition coefficient (Wildman–Crippen LogP) is 4.11. The minimum Gasteiger partial charge on any atom is -0.349 e. The Labute approximate surface area is 135 Å². The van der Waals surface area contributed by atoms with Crippen molar-refractivity contribution in [2.75, 3.05) is 6.54 Å². The fraction of sp³-hybridized carbons (Fsp3) is 0.632. The lowest BCUT2D eigenvalue weighted by molar-refractivity contribution is -0.122. The van der Waals surface area contributed by atoms with E-state index in [0.29, 0.717) is 12.3 Å². The highest BCUT2D eigenvalue weighted by Crippen LogP contribution is 2.24. The van der Waals surface area contributed by atoms with E-state index in [1.54, 1.807) is 0 Å². The van der Waals surface area contributed by atoms with Gasteiger partial charge in [-0.3, -0.25) is 4.79 Å². The number of rotatable bonds is 10. The standard InChI is InChI=1S/C19H32N2O/c1-15(2)14-18(17-11-8-7-10-16(17)3)21-19(22)12-6-4-5-9-13-20/h7-8,10-11,15,18H,4-6,9,12-14,20H2,1-3H3,(H,21,22). The van der Waals surface area contributed by atoms with Gasteiger partial charge in [0.1, 0.15) is 0 Å². The first-order valence-electron chi connectivity index (χ1n) is 8.59. The zero-order valence-electron chi connectivity index (χ0n) is 14.4. The SMILES string of the molecule is Cc1ccccc1C(CC(C)C)NC(=O)CCCCCCN. The summed E-state index contributed by atoms with van der Waals surface area (Å²) in [5.41, 5.74) is 7.97. The Morgan fingerprint density at radius 1 is 1.14 bits per heavy atom. The van der Waals surface area contributed by atoms with Gasteiger partial charge in [-0.25, -0.2) is 0 Å². The lowest BCUT2D eigenvalue weighted by Gasteiger charge is -2.23. The van der Waals surface area contributed by atoms with Crippen LogP contribution in [0.15, 0.2) is 24.3 Å². The summed E-state index contributed by atoms with van der Waals surface area (Å²) in [7, 11) is 0. The Morgan fingerprint density at radius 2 is 1.82 bits per heavy atom. The highest BCUT2D eigenvalue weighted by atomic mass is 16.1. The highest BCUT2D eigenvalue weighted by Gasteiger charge is 2.17. The molecular weight excluding hydrogens is 272 g/mol. The highest BCUT2D eigenvalue weighted by molar-refractivity contribution is 5.76. The first kappa shape index (κ1) is 18.7. The maximum atomic E-state index is 12.2. The van der Waals surface area contributed by atoms with E-state index in [2.05, 4.69) is 44.3 Å². The van der Waals surface area contributed by atoms with Gasteiger partial charge in [-0.2, -0.15) is 0 Å². The molecule has 1 aromatic carbocycles. The third-order valence-electron chi connectivity index (χ3n) is 3.96. The molecule has 1 aromatic rings. The second kappa shape index (κ2) is 10.4. The first-order valence-corrected chi connectivity index (χ1v) is 8.59. The van der Waals surface area contributed by atoms with Crippen LogP contribution in [0.25, 0.3) is 0 Å². The minimum atomic E-state index is 0.123. The maximum Gasteiger partial charge on any atom is 0.220 e. The molecule has 3 heteroatoms. The van der Waals surface area contributed by atoms with Gasteiger partial charge in [0.25, 0.3) is 0 Å². The van der Waals surface area contributed by atoms with Crippen molar-refractivity contribution in [3.8, 4) is 0 Å². The third-order valence-corrected chi connectivity index (χ3v) is 3.96. The van der Waals surface area contributed by atoms with Crippen LogP contribution in [0.1, 0.15) is 69.5 Å². The van der Waals surface area contributed by atoms with Gasteiger partial charge in [0.2, 0.25) is 5.91 Å². The molecular formula is C19H32N2O. The number of aryl methyl sites for hydroxylation is 1. The molecule has 0 spiro atoms. The van der Waals surface area contributed by atoms with E-state index in [1.807, 2.05) is 6.07 Å². The molecule has 1 amide bonds. The molecule has 0 aromatic heterocycles. The van der Waals surface area contributed by atoms with Crippen molar-refractivity contribution >= 4 is 5.91 Å². The van der Waals surface area contributed by atoms with Gasteiger partial charge in [0.05, 0.1) is 6.04 Å². The molecule has 0 aliphatic rings. The van der Waals surface area contributed by atoms with Crippen molar-refractivity contribution < 1.29 is 4.79 Å². The number of hydrogen-bond donors (Lipinski definition) is 2. The zero-order chi connectivity index (χ0) is 16.4. The lowest BCUT2D eigenvalue weighted by atomic mass is 9.93.